The minimum atomic E-state index is -0.191. The van der Waals surface area contributed by atoms with Gasteiger partial charge in [-0.05, 0) is 34.6 Å². The normalized spacial score (nSPS) is 25.4. The summed E-state index contributed by atoms with van der Waals surface area (Å²) in [4.78, 5) is 14.6. The van der Waals surface area contributed by atoms with Crippen molar-refractivity contribution in [3.05, 3.63) is 17.0 Å². The van der Waals surface area contributed by atoms with Crippen molar-refractivity contribution >= 4 is 5.91 Å². The van der Waals surface area contributed by atoms with Crippen LogP contribution in [0.2, 0.25) is 0 Å². The van der Waals surface area contributed by atoms with Crippen LogP contribution < -0.4 is 5.32 Å². The third kappa shape index (κ3) is 2.81. The highest BCUT2D eigenvalue weighted by molar-refractivity contribution is 5.84. The molecule has 0 saturated carbocycles. The summed E-state index contributed by atoms with van der Waals surface area (Å²) in [5.74, 6) is 0.716. The van der Waals surface area contributed by atoms with E-state index < -0.39 is 0 Å². The molecule has 0 unspecified atom stereocenters. The summed E-state index contributed by atoms with van der Waals surface area (Å²) in [5.41, 5.74) is 1.75. The fourth-order valence-corrected chi connectivity index (χ4v) is 3.01. The molecule has 1 aliphatic heterocycles. The fourth-order valence-electron chi connectivity index (χ4n) is 3.01. The molecular weight excluding hydrogens is 242 g/mol. The highest BCUT2D eigenvalue weighted by Gasteiger charge is 2.31. The average molecular weight is 265 g/mol. The van der Waals surface area contributed by atoms with Gasteiger partial charge in [0.2, 0.25) is 5.91 Å². The number of rotatable bonds is 2. The summed E-state index contributed by atoms with van der Waals surface area (Å²) in [6, 6.07) is 0.675. The van der Waals surface area contributed by atoms with Crippen LogP contribution in [0.1, 0.15) is 43.7 Å². The van der Waals surface area contributed by atoms with E-state index in [1.165, 1.54) is 0 Å². The Kier molecular flexibility index (Phi) is 3.94. The molecule has 0 spiro atoms. The number of hydrogen-bond donors (Lipinski definition) is 1. The van der Waals surface area contributed by atoms with Gasteiger partial charge in [-0.25, -0.2) is 0 Å². The molecule has 1 saturated heterocycles. The molecule has 1 aromatic rings. The Balaban J connectivity index is 2.15. The maximum atomic E-state index is 12.6. The average Bonchev–Trinajstić information content (AvgIpc) is 2.66. The molecule has 19 heavy (non-hydrogen) atoms. The summed E-state index contributed by atoms with van der Waals surface area (Å²) >= 11 is 0. The van der Waals surface area contributed by atoms with Crippen LogP contribution in [-0.4, -0.2) is 41.1 Å². The van der Waals surface area contributed by atoms with E-state index >= 15 is 0 Å². The second kappa shape index (κ2) is 5.33. The molecule has 0 aromatic carbocycles. The van der Waals surface area contributed by atoms with Crippen molar-refractivity contribution in [1.82, 2.24) is 15.4 Å². The van der Waals surface area contributed by atoms with Crippen molar-refractivity contribution in [2.75, 3.05) is 13.1 Å². The summed E-state index contributed by atoms with van der Waals surface area (Å²) in [6.45, 7) is 11.4. The van der Waals surface area contributed by atoms with Gasteiger partial charge in [0, 0.05) is 30.7 Å². The first-order valence-corrected chi connectivity index (χ1v) is 6.87. The molecule has 5 nitrogen and oxygen atoms in total. The van der Waals surface area contributed by atoms with Gasteiger partial charge >= 0.3 is 0 Å². The quantitative estimate of drug-likeness (QED) is 0.882. The number of nitrogens with zero attached hydrogens (tertiary/aromatic N) is 2. The van der Waals surface area contributed by atoms with Crippen LogP contribution in [0.25, 0.3) is 0 Å². The molecular formula is C14H23N3O2. The fraction of sp³-hybridized carbons (Fsp3) is 0.714. The summed E-state index contributed by atoms with van der Waals surface area (Å²) in [5, 5.41) is 7.37. The Labute approximate surface area is 114 Å². The molecule has 1 fully saturated rings. The number of carbonyl (C=O) groups excluding carboxylic acids is 1. The first-order chi connectivity index (χ1) is 8.90. The lowest BCUT2D eigenvalue weighted by Gasteiger charge is -2.37. The van der Waals surface area contributed by atoms with E-state index in [0.717, 1.165) is 30.1 Å². The van der Waals surface area contributed by atoms with E-state index in [2.05, 4.69) is 24.3 Å². The van der Waals surface area contributed by atoms with E-state index in [1.807, 2.05) is 25.7 Å². The first kappa shape index (κ1) is 14.1. The maximum Gasteiger partial charge on any atom is 0.230 e. The predicted octanol–water partition coefficient (Wildman–Crippen LogP) is 1.60. The molecule has 0 radical (unpaired) electrons. The predicted molar refractivity (Wildman–Crippen MR) is 73.0 cm³/mol. The Bertz CT molecular complexity index is 440. The van der Waals surface area contributed by atoms with Crippen LogP contribution in [-0.2, 0) is 4.79 Å². The zero-order chi connectivity index (χ0) is 14.2. The van der Waals surface area contributed by atoms with Gasteiger partial charge in [-0.15, -0.1) is 0 Å². The van der Waals surface area contributed by atoms with E-state index in [0.29, 0.717) is 12.1 Å². The summed E-state index contributed by atoms with van der Waals surface area (Å²) < 4.78 is 5.16. The van der Waals surface area contributed by atoms with Crippen molar-refractivity contribution in [2.45, 2.75) is 52.6 Å². The molecule has 106 valence electrons. The van der Waals surface area contributed by atoms with E-state index in [9.17, 15) is 4.79 Å². The van der Waals surface area contributed by atoms with Crippen LogP contribution in [0.15, 0.2) is 4.52 Å². The lowest BCUT2D eigenvalue weighted by molar-refractivity contribution is -0.134. The topological polar surface area (TPSA) is 58.4 Å². The monoisotopic (exact) mass is 265 g/mol. The van der Waals surface area contributed by atoms with E-state index in [4.69, 9.17) is 4.52 Å². The van der Waals surface area contributed by atoms with Gasteiger partial charge in [-0.1, -0.05) is 5.16 Å². The van der Waals surface area contributed by atoms with Crippen LogP contribution in [0, 0.1) is 13.8 Å². The van der Waals surface area contributed by atoms with Crippen molar-refractivity contribution in [3.63, 3.8) is 0 Å². The van der Waals surface area contributed by atoms with Gasteiger partial charge < -0.3 is 14.7 Å². The largest absolute Gasteiger partial charge is 0.361 e. The van der Waals surface area contributed by atoms with Gasteiger partial charge in [0.15, 0.2) is 0 Å². The Morgan fingerprint density at radius 2 is 1.95 bits per heavy atom. The first-order valence-electron chi connectivity index (χ1n) is 6.87. The van der Waals surface area contributed by atoms with Gasteiger partial charge in [0.05, 0.1) is 11.6 Å². The minimum absolute atomic E-state index is 0.162. The molecule has 0 bridgehead atoms. The number of nitrogens with one attached hydrogen (secondary N) is 1. The summed E-state index contributed by atoms with van der Waals surface area (Å²) in [6.07, 6.45) is 0. The molecule has 0 aliphatic carbocycles. The molecule has 1 aliphatic rings. The molecule has 1 N–H and O–H groups in total. The Morgan fingerprint density at radius 1 is 1.37 bits per heavy atom. The lowest BCUT2D eigenvalue weighted by atomic mass is 9.97. The van der Waals surface area contributed by atoms with Crippen LogP contribution >= 0.6 is 0 Å². The van der Waals surface area contributed by atoms with Gasteiger partial charge in [-0.3, -0.25) is 4.79 Å². The van der Waals surface area contributed by atoms with Crippen molar-refractivity contribution in [2.24, 2.45) is 0 Å². The third-order valence-electron chi connectivity index (χ3n) is 3.76. The second-order valence-electron chi connectivity index (χ2n) is 5.67. The van der Waals surface area contributed by atoms with Gasteiger partial charge in [-0.2, -0.15) is 0 Å². The van der Waals surface area contributed by atoms with Crippen LogP contribution in [0.4, 0.5) is 0 Å². The van der Waals surface area contributed by atoms with Crippen molar-refractivity contribution in [1.29, 1.82) is 0 Å². The van der Waals surface area contributed by atoms with Gasteiger partial charge in [0.1, 0.15) is 5.76 Å². The van der Waals surface area contributed by atoms with E-state index in [1.54, 1.807) is 0 Å². The molecule has 2 rings (SSSR count). The standard InChI is InChI=1S/C14H23N3O2/c1-8-6-17(7-9(2)15-8)14(18)10(3)13-11(4)16-19-12(13)5/h8-10,15H,6-7H2,1-5H3/t8-,9-,10-/m0/s1. The number of carbonyl (C=O) groups is 1. The Hall–Kier alpha value is -1.36. The highest BCUT2D eigenvalue weighted by Crippen LogP contribution is 2.25. The zero-order valence-electron chi connectivity index (χ0n) is 12.4. The number of aromatic nitrogens is 1. The van der Waals surface area contributed by atoms with Crippen LogP contribution in [0.5, 0.6) is 0 Å². The molecule has 3 atom stereocenters. The number of piperazine rings is 1. The second-order valence-corrected chi connectivity index (χ2v) is 5.67. The van der Waals surface area contributed by atoms with Gasteiger partial charge in [0.25, 0.3) is 0 Å². The molecule has 5 heteroatoms. The van der Waals surface area contributed by atoms with Crippen molar-refractivity contribution in [3.8, 4) is 0 Å². The number of amides is 1. The molecule has 1 amide bonds. The lowest BCUT2D eigenvalue weighted by Crippen LogP contribution is -2.56. The minimum Gasteiger partial charge on any atom is -0.361 e. The number of aryl methyl sites for hydroxylation is 2. The molecule has 1 aromatic heterocycles. The number of hydrogen-bond acceptors (Lipinski definition) is 4. The SMILES string of the molecule is Cc1noc(C)c1[C@H](C)C(=O)N1C[C@H](C)N[C@@H](C)C1. The Morgan fingerprint density at radius 3 is 2.42 bits per heavy atom. The third-order valence-corrected chi connectivity index (χ3v) is 3.76. The zero-order valence-corrected chi connectivity index (χ0v) is 12.4. The highest BCUT2D eigenvalue weighted by atomic mass is 16.5. The smallest absolute Gasteiger partial charge is 0.230 e. The molecule has 2 heterocycles. The van der Waals surface area contributed by atoms with Crippen LogP contribution in [0.3, 0.4) is 0 Å². The summed E-state index contributed by atoms with van der Waals surface area (Å²) in [7, 11) is 0. The maximum absolute atomic E-state index is 12.6. The van der Waals surface area contributed by atoms with Crippen molar-refractivity contribution < 1.29 is 9.32 Å². The van der Waals surface area contributed by atoms with E-state index in [-0.39, 0.29) is 11.8 Å².